The number of hydrogen-bond donors (Lipinski definition) is 1. The first-order valence-corrected chi connectivity index (χ1v) is 16.8. The number of hydrogen-bond acceptors (Lipinski definition) is 3. The molecule has 2 aliphatic heterocycles. The van der Waals surface area contributed by atoms with Gasteiger partial charge in [-0.15, -0.1) is 0 Å². The second-order valence-corrected chi connectivity index (χ2v) is 15.0. The fourth-order valence-electron chi connectivity index (χ4n) is 10.8. The molecule has 6 aliphatic rings. The molecule has 0 radical (unpaired) electrons. The second-order valence-electron chi connectivity index (χ2n) is 15.0. The molecule has 214 valence electrons. The Bertz CT molecular complexity index is 938. The summed E-state index contributed by atoms with van der Waals surface area (Å²) in [5, 5.41) is 10.4. The van der Waals surface area contributed by atoms with Crippen LogP contribution in [0.5, 0.6) is 0 Å². The summed E-state index contributed by atoms with van der Waals surface area (Å²) in [6, 6.07) is 0.600. The summed E-state index contributed by atoms with van der Waals surface area (Å²) >= 11 is 0. The highest BCUT2D eigenvalue weighted by Gasteiger charge is 2.61. The molecule has 4 aliphatic carbocycles. The lowest BCUT2D eigenvalue weighted by molar-refractivity contribution is -0.0649. The lowest BCUT2D eigenvalue weighted by Gasteiger charge is -2.49. The van der Waals surface area contributed by atoms with Gasteiger partial charge in [-0.1, -0.05) is 77.0 Å². The molecule has 0 aromatic rings. The fraction of sp³-hybridized carbons (Fsp3) is 0.886. The maximum absolute atomic E-state index is 10.4. The molecular weight excluding hydrogens is 466 g/mol. The number of piperidine rings is 1. The highest BCUT2D eigenvalue weighted by molar-refractivity contribution is 5.38. The van der Waals surface area contributed by atoms with Gasteiger partial charge in [-0.2, -0.15) is 0 Å². The van der Waals surface area contributed by atoms with E-state index in [1.807, 2.05) is 0 Å². The zero-order valence-corrected chi connectivity index (χ0v) is 25.3. The van der Waals surface area contributed by atoms with Crippen LogP contribution in [0.25, 0.3) is 0 Å². The quantitative estimate of drug-likeness (QED) is 0.270. The molecule has 1 N–H and O–H groups in total. The Kier molecular flexibility index (Phi) is 7.71. The Hall–Kier alpha value is -0.640. The van der Waals surface area contributed by atoms with Crippen molar-refractivity contribution in [3.63, 3.8) is 0 Å². The molecule has 0 unspecified atom stereocenters. The van der Waals surface area contributed by atoms with E-state index in [0.717, 1.165) is 36.5 Å². The normalized spacial score (nSPS) is 46.5. The van der Waals surface area contributed by atoms with E-state index in [2.05, 4.69) is 45.6 Å². The van der Waals surface area contributed by atoms with Gasteiger partial charge in [0.2, 0.25) is 0 Å². The molecule has 3 heteroatoms. The monoisotopic (exact) mass is 523 g/mol. The Morgan fingerprint density at radius 1 is 1.05 bits per heavy atom. The minimum Gasteiger partial charge on any atom is -0.393 e. The first kappa shape index (κ1) is 27.5. The van der Waals surface area contributed by atoms with Crippen LogP contribution in [0.2, 0.25) is 0 Å². The molecule has 38 heavy (non-hydrogen) atoms. The number of rotatable bonds is 7. The van der Waals surface area contributed by atoms with Crippen molar-refractivity contribution in [3.8, 4) is 0 Å². The van der Waals surface area contributed by atoms with Gasteiger partial charge in [-0.05, 0) is 106 Å². The van der Waals surface area contributed by atoms with Crippen molar-refractivity contribution in [1.82, 2.24) is 4.90 Å². The molecule has 2 heterocycles. The number of allylic oxidation sites excluding steroid dienone is 2. The van der Waals surface area contributed by atoms with Crippen LogP contribution >= 0.6 is 0 Å². The first-order valence-electron chi connectivity index (χ1n) is 16.8. The zero-order valence-electron chi connectivity index (χ0n) is 25.3. The van der Waals surface area contributed by atoms with Crippen LogP contribution in [0.15, 0.2) is 22.8 Å². The zero-order chi connectivity index (χ0) is 26.7. The van der Waals surface area contributed by atoms with Crippen molar-refractivity contribution in [1.29, 1.82) is 0 Å². The van der Waals surface area contributed by atoms with E-state index < -0.39 is 0 Å². The number of fused-ring (bicyclic) bond motifs is 6. The van der Waals surface area contributed by atoms with Crippen LogP contribution in [-0.4, -0.2) is 46.9 Å². The molecule has 0 aromatic carbocycles. The largest absolute Gasteiger partial charge is 0.393 e. The summed E-state index contributed by atoms with van der Waals surface area (Å²) in [4.78, 5) is 2.88. The Labute approximate surface area is 233 Å². The van der Waals surface area contributed by atoms with Gasteiger partial charge in [-0.25, -0.2) is 0 Å². The molecule has 2 saturated carbocycles. The molecule has 1 spiro atoms. The minimum absolute atomic E-state index is 0.0297. The molecule has 10 atom stereocenters. The summed E-state index contributed by atoms with van der Waals surface area (Å²) in [5.41, 5.74) is 5.31. The number of aliphatic hydroxyl groups is 1. The Balaban J connectivity index is 1.21. The van der Waals surface area contributed by atoms with E-state index >= 15 is 0 Å². The van der Waals surface area contributed by atoms with Crippen molar-refractivity contribution in [3.05, 3.63) is 22.8 Å². The lowest BCUT2D eigenvalue weighted by Crippen LogP contribution is -2.52. The van der Waals surface area contributed by atoms with Crippen LogP contribution in [0.3, 0.4) is 0 Å². The summed E-state index contributed by atoms with van der Waals surface area (Å²) in [7, 11) is 0. The smallest absolute Gasteiger partial charge is 0.0937 e. The third-order valence-electron chi connectivity index (χ3n) is 12.9. The van der Waals surface area contributed by atoms with Crippen LogP contribution < -0.4 is 0 Å². The van der Waals surface area contributed by atoms with E-state index in [9.17, 15) is 5.11 Å². The predicted octanol–water partition coefficient (Wildman–Crippen LogP) is 8.07. The van der Waals surface area contributed by atoms with Crippen LogP contribution in [0.1, 0.15) is 125 Å². The van der Waals surface area contributed by atoms with Crippen molar-refractivity contribution in [2.75, 3.05) is 13.1 Å². The molecular formula is C35H57NO2. The molecule has 0 aromatic heterocycles. The SMILES string of the molecule is CCCCCCCCN1C[C@@H](C)C[C@H]2O[C@]3(CC[C@@H]4C(=C3C)C[C@H]3[C@H]4CC=C4C[C@@H](O)CC[C@@]43C)[C@H](C)[C@@H]21. The Morgan fingerprint density at radius 2 is 1.84 bits per heavy atom. The van der Waals surface area contributed by atoms with Crippen LogP contribution in [0.4, 0.5) is 0 Å². The average molecular weight is 524 g/mol. The van der Waals surface area contributed by atoms with E-state index in [-0.39, 0.29) is 11.7 Å². The van der Waals surface area contributed by atoms with Crippen LogP contribution in [-0.2, 0) is 4.74 Å². The van der Waals surface area contributed by atoms with Gasteiger partial charge in [0, 0.05) is 18.5 Å². The maximum atomic E-state index is 10.4. The molecule has 3 nitrogen and oxygen atoms in total. The molecule has 0 amide bonds. The van der Waals surface area contributed by atoms with Gasteiger partial charge in [0.25, 0.3) is 0 Å². The molecule has 4 fully saturated rings. The number of likely N-dealkylation sites (tertiary alicyclic amines) is 1. The maximum Gasteiger partial charge on any atom is 0.0937 e. The number of unbranched alkanes of at least 4 members (excludes halogenated alkanes) is 5. The topological polar surface area (TPSA) is 32.7 Å². The van der Waals surface area contributed by atoms with Crippen molar-refractivity contribution in [2.45, 2.75) is 148 Å². The second kappa shape index (κ2) is 10.6. The van der Waals surface area contributed by atoms with E-state index in [1.165, 1.54) is 90.1 Å². The Morgan fingerprint density at radius 3 is 2.66 bits per heavy atom. The summed E-state index contributed by atoms with van der Waals surface area (Å²) in [6.45, 7) is 14.9. The van der Waals surface area contributed by atoms with Gasteiger partial charge in [0.05, 0.1) is 17.8 Å². The standard InChI is InChI=1S/C35H57NO2/c1-6-7-8-9-10-11-18-36-22-23(2)19-32-33(36)25(4)35(38-32)17-15-28-29-13-12-26-20-27(37)14-16-34(26,5)31(29)21-30(28)24(35)3/h12,23,25,27-29,31-33,37H,6-11,13-22H2,1-5H3/t23-,25+,27-,28-,29-,31-,32+,33-,34-,35-/m0/s1. The highest BCUT2D eigenvalue weighted by atomic mass is 16.5. The van der Waals surface area contributed by atoms with Gasteiger partial charge in [0.1, 0.15) is 0 Å². The number of nitrogens with zero attached hydrogens (tertiary/aromatic N) is 1. The van der Waals surface area contributed by atoms with Crippen molar-refractivity contribution < 1.29 is 9.84 Å². The average Bonchev–Trinajstić information content (AvgIpc) is 3.41. The molecule has 0 bridgehead atoms. The van der Waals surface area contributed by atoms with E-state index in [4.69, 9.17) is 4.74 Å². The highest BCUT2D eigenvalue weighted by Crippen LogP contribution is 2.65. The summed E-state index contributed by atoms with van der Waals surface area (Å²) < 4.78 is 7.34. The van der Waals surface area contributed by atoms with Crippen LogP contribution in [0, 0.1) is 35.0 Å². The van der Waals surface area contributed by atoms with E-state index in [0.29, 0.717) is 23.5 Å². The van der Waals surface area contributed by atoms with Crippen molar-refractivity contribution >= 4 is 0 Å². The molecule has 2 saturated heterocycles. The van der Waals surface area contributed by atoms with Crippen molar-refractivity contribution in [2.24, 2.45) is 35.0 Å². The number of aliphatic hydroxyl groups excluding tert-OH is 1. The minimum atomic E-state index is -0.114. The summed E-state index contributed by atoms with van der Waals surface area (Å²) in [5.74, 6) is 3.67. The third-order valence-corrected chi connectivity index (χ3v) is 12.9. The number of ether oxygens (including phenoxy) is 1. The summed E-state index contributed by atoms with van der Waals surface area (Å²) in [6.07, 6.45) is 20.6. The van der Waals surface area contributed by atoms with Gasteiger partial charge < -0.3 is 9.84 Å². The van der Waals surface area contributed by atoms with E-state index in [1.54, 1.807) is 16.7 Å². The molecule has 6 rings (SSSR count). The fourth-order valence-corrected chi connectivity index (χ4v) is 10.8. The van der Waals surface area contributed by atoms with Gasteiger partial charge >= 0.3 is 0 Å². The third kappa shape index (κ3) is 4.40. The lowest BCUT2D eigenvalue weighted by atomic mass is 9.56. The van der Waals surface area contributed by atoms with Gasteiger partial charge in [-0.3, -0.25) is 4.90 Å². The first-order chi connectivity index (χ1) is 18.3. The van der Waals surface area contributed by atoms with Gasteiger partial charge in [0.15, 0.2) is 0 Å². The predicted molar refractivity (Wildman–Crippen MR) is 157 cm³/mol.